The Bertz CT molecular complexity index is 360. The number of hydrogen-bond donors (Lipinski definition) is 1. The minimum Gasteiger partial charge on any atom is -0.328 e. The van der Waals surface area contributed by atoms with Gasteiger partial charge in [0.05, 0.1) is 0 Å². The lowest BCUT2D eigenvalue weighted by molar-refractivity contribution is 0.324. The lowest BCUT2D eigenvalue weighted by Crippen LogP contribution is -2.27. The smallest absolute Gasteiger partial charge is 0.00226 e. The summed E-state index contributed by atoms with van der Waals surface area (Å²) in [6.45, 7) is 11.0. The third-order valence-electron chi connectivity index (χ3n) is 3.57. The van der Waals surface area contributed by atoms with Crippen LogP contribution in [0.25, 0.3) is 0 Å². The van der Waals surface area contributed by atoms with Crippen molar-refractivity contribution >= 4 is 0 Å². The summed E-state index contributed by atoms with van der Waals surface area (Å²) in [5, 5.41) is 0. The Balaban J connectivity index is 2.42. The minimum atomic E-state index is 0.243. The van der Waals surface area contributed by atoms with Crippen LogP contribution in [0.4, 0.5) is 0 Å². The van der Waals surface area contributed by atoms with Crippen molar-refractivity contribution in [3.05, 3.63) is 35.4 Å². The zero-order valence-electron chi connectivity index (χ0n) is 13.2. The highest BCUT2D eigenvalue weighted by Crippen LogP contribution is 2.22. The molecule has 2 N–H and O–H groups in total. The molecule has 1 aromatic rings. The van der Waals surface area contributed by atoms with Gasteiger partial charge in [-0.2, -0.15) is 0 Å². The lowest BCUT2D eigenvalue weighted by atomic mass is 9.86. The van der Waals surface area contributed by atoms with Crippen LogP contribution in [-0.2, 0) is 11.8 Å². The van der Waals surface area contributed by atoms with E-state index in [1.54, 1.807) is 0 Å². The van der Waals surface area contributed by atoms with Gasteiger partial charge in [-0.05, 0) is 49.9 Å². The van der Waals surface area contributed by atoms with Crippen molar-refractivity contribution in [2.75, 3.05) is 20.1 Å². The average Bonchev–Trinajstić information content (AvgIpc) is 2.33. The van der Waals surface area contributed by atoms with Gasteiger partial charge in [-0.1, -0.05) is 45.0 Å². The third-order valence-corrected chi connectivity index (χ3v) is 3.57. The fourth-order valence-electron chi connectivity index (χ4n) is 2.03. The lowest BCUT2D eigenvalue weighted by Gasteiger charge is -2.20. The molecule has 0 spiro atoms. The first kappa shape index (κ1) is 16.2. The predicted octanol–water partition coefficient (Wildman–Crippen LogP) is 3.20. The second-order valence-corrected chi connectivity index (χ2v) is 6.77. The first-order chi connectivity index (χ1) is 8.79. The molecule has 0 bridgehead atoms. The van der Waals surface area contributed by atoms with Crippen molar-refractivity contribution < 1.29 is 0 Å². The Hall–Kier alpha value is -0.860. The number of rotatable bonds is 6. The van der Waals surface area contributed by atoms with Crippen LogP contribution in [0.5, 0.6) is 0 Å². The Labute approximate surface area is 119 Å². The normalized spacial score (nSPS) is 13.8. The minimum absolute atomic E-state index is 0.243. The molecule has 1 atom stereocenters. The van der Waals surface area contributed by atoms with Gasteiger partial charge in [-0.15, -0.1) is 0 Å². The van der Waals surface area contributed by atoms with Gasteiger partial charge in [0.25, 0.3) is 0 Å². The summed E-state index contributed by atoms with van der Waals surface area (Å²) in [6.07, 6.45) is 2.18. The maximum atomic E-state index is 5.78. The molecule has 0 heterocycles. The first-order valence-corrected chi connectivity index (χ1v) is 7.32. The van der Waals surface area contributed by atoms with E-state index in [2.05, 4.69) is 63.9 Å². The summed E-state index contributed by atoms with van der Waals surface area (Å²) in [6, 6.07) is 9.35. The zero-order chi connectivity index (χ0) is 14.5. The van der Waals surface area contributed by atoms with Gasteiger partial charge < -0.3 is 10.6 Å². The molecular weight excluding hydrogens is 232 g/mol. The second-order valence-electron chi connectivity index (χ2n) is 6.77. The van der Waals surface area contributed by atoms with Crippen molar-refractivity contribution in [1.29, 1.82) is 0 Å². The SMILES string of the molecule is CC(N)CCN(C)CCc1ccc(C(C)(C)C)cc1. The van der Waals surface area contributed by atoms with Gasteiger partial charge in [0.1, 0.15) is 0 Å². The van der Waals surface area contributed by atoms with Gasteiger partial charge >= 0.3 is 0 Å². The molecule has 0 saturated carbocycles. The van der Waals surface area contributed by atoms with Gasteiger partial charge in [0.2, 0.25) is 0 Å². The number of benzene rings is 1. The monoisotopic (exact) mass is 262 g/mol. The zero-order valence-corrected chi connectivity index (χ0v) is 13.2. The molecule has 2 heteroatoms. The van der Waals surface area contributed by atoms with E-state index in [4.69, 9.17) is 5.73 Å². The van der Waals surface area contributed by atoms with Gasteiger partial charge in [0, 0.05) is 12.6 Å². The highest BCUT2D eigenvalue weighted by atomic mass is 15.1. The number of nitrogens with two attached hydrogens (primary N) is 1. The number of nitrogens with zero attached hydrogens (tertiary/aromatic N) is 1. The van der Waals surface area contributed by atoms with Crippen molar-refractivity contribution in [1.82, 2.24) is 4.90 Å². The topological polar surface area (TPSA) is 29.3 Å². The molecule has 108 valence electrons. The van der Waals surface area contributed by atoms with E-state index in [1.165, 1.54) is 11.1 Å². The summed E-state index contributed by atoms with van der Waals surface area (Å²) in [7, 11) is 2.17. The van der Waals surface area contributed by atoms with Crippen LogP contribution in [0.3, 0.4) is 0 Å². The molecule has 0 aliphatic carbocycles. The Morgan fingerprint density at radius 1 is 1.11 bits per heavy atom. The van der Waals surface area contributed by atoms with Crippen LogP contribution in [-0.4, -0.2) is 31.1 Å². The molecule has 0 aliphatic rings. The quantitative estimate of drug-likeness (QED) is 0.853. The molecule has 0 amide bonds. The van der Waals surface area contributed by atoms with E-state index in [-0.39, 0.29) is 5.41 Å². The van der Waals surface area contributed by atoms with E-state index in [0.717, 1.165) is 25.9 Å². The Morgan fingerprint density at radius 3 is 2.16 bits per heavy atom. The van der Waals surface area contributed by atoms with Crippen LogP contribution >= 0.6 is 0 Å². The van der Waals surface area contributed by atoms with Crippen LogP contribution in [0.15, 0.2) is 24.3 Å². The maximum Gasteiger partial charge on any atom is 0.00226 e. The second kappa shape index (κ2) is 7.06. The maximum absolute atomic E-state index is 5.78. The van der Waals surface area contributed by atoms with E-state index in [1.807, 2.05) is 0 Å². The summed E-state index contributed by atoms with van der Waals surface area (Å²) in [5.41, 5.74) is 8.84. The van der Waals surface area contributed by atoms with Gasteiger partial charge in [-0.3, -0.25) is 0 Å². The van der Waals surface area contributed by atoms with Gasteiger partial charge in [-0.25, -0.2) is 0 Å². The van der Waals surface area contributed by atoms with Crippen LogP contribution in [0.2, 0.25) is 0 Å². The summed E-state index contributed by atoms with van der Waals surface area (Å²) < 4.78 is 0. The molecule has 19 heavy (non-hydrogen) atoms. The molecule has 0 aromatic heterocycles. The van der Waals surface area contributed by atoms with Crippen molar-refractivity contribution in [3.8, 4) is 0 Å². The molecule has 1 unspecified atom stereocenters. The largest absolute Gasteiger partial charge is 0.328 e. The molecular formula is C17H30N2. The Morgan fingerprint density at radius 2 is 1.68 bits per heavy atom. The summed E-state index contributed by atoms with van der Waals surface area (Å²) >= 11 is 0. The van der Waals surface area contributed by atoms with Crippen LogP contribution in [0.1, 0.15) is 45.2 Å². The fraction of sp³-hybridized carbons (Fsp3) is 0.647. The summed E-state index contributed by atoms with van der Waals surface area (Å²) in [4.78, 5) is 2.36. The van der Waals surface area contributed by atoms with E-state index in [9.17, 15) is 0 Å². The van der Waals surface area contributed by atoms with Crippen LogP contribution in [0, 0.1) is 0 Å². The number of likely N-dealkylation sites (N-methyl/N-ethyl adjacent to an activating group) is 1. The molecule has 1 aromatic carbocycles. The fourth-order valence-corrected chi connectivity index (χ4v) is 2.03. The predicted molar refractivity (Wildman–Crippen MR) is 84.6 cm³/mol. The highest BCUT2D eigenvalue weighted by Gasteiger charge is 2.12. The van der Waals surface area contributed by atoms with Crippen molar-refractivity contribution in [2.45, 2.75) is 52.0 Å². The molecule has 0 fully saturated rings. The van der Waals surface area contributed by atoms with E-state index in [0.29, 0.717) is 6.04 Å². The highest BCUT2D eigenvalue weighted by molar-refractivity contribution is 5.27. The van der Waals surface area contributed by atoms with E-state index < -0.39 is 0 Å². The van der Waals surface area contributed by atoms with Crippen LogP contribution < -0.4 is 5.73 Å². The molecule has 1 rings (SSSR count). The molecule has 2 nitrogen and oxygen atoms in total. The Kier molecular flexibility index (Phi) is 6.02. The molecule has 0 radical (unpaired) electrons. The van der Waals surface area contributed by atoms with Crippen molar-refractivity contribution in [3.63, 3.8) is 0 Å². The average molecular weight is 262 g/mol. The standard InChI is InChI=1S/C17H30N2/c1-14(18)10-12-19(5)13-11-15-6-8-16(9-7-15)17(2,3)4/h6-9,14H,10-13,18H2,1-5H3. The molecule has 0 saturated heterocycles. The van der Waals surface area contributed by atoms with Gasteiger partial charge in [0.15, 0.2) is 0 Å². The molecule has 0 aliphatic heterocycles. The summed E-state index contributed by atoms with van der Waals surface area (Å²) in [5.74, 6) is 0. The van der Waals surface area contributed by atoms with E-state index >= 15 is 0 Å². The van der Waals surface area contributed by atoms with Crippen molar-refractivity contribution in [2.24, 2.45) is 5.73 Å². The number of hydrogen-bond acceptors (Lipinski definition) is 2. The first-order valence-electron chi connectivity index (χ1n) is 7.32. The third kappa shape index (κ3) is 6.22.